The van der Waals surface area contributed by atoms with Crippen LogP contribution in [0.25, 0.3) is 6.08 Å². The highest BCUT2D eigenvalue weighted by atomic mass is 35.5. The van der Waals surface area contributed by atoms with Gasteiger partial charge in [0.25, 0.3) is 17.1 Å². The molecule has 0 spiro atoms. The molecule has 2 aliphatic heterocycles. The van der Waals surface area contributed by atoms with E-state index >= 15 is 0 Å². The second kappa shape index (κ2) is 9.58. The summed E-state index contributed by atoms with van der Waals surface area (Å²) in [5.41, 5.74) is 1.98. The topological polar surface area (TPSA) is 86.8 Å². The number of benzene rings is 2. The Labute approximate surface area is 194 Å². The standard InChI is InChI=1S/C23H20ClN3O4S/c24-17-7-3-15(4-8-17)14-19-22(30)27(23(31)32-19)13-11-25-21(29)16-5-9-18(10-6-16)26-12-1-2-20(26)28/h3-10,14H,1-2,11-13H2,(H,25,29). The van der Waals surface area contributed by atoms with Crippen molar-refractivity contribution < 1.29 is 19.2 Å². The lowest BCUT2D eigenvalue weighted by Crippen LogP contribution is -2.37. The van der Waals surface area contributed by atoms with E-state index in [9.17, 15) is 19.2 Å². The zero-order valence-electron chi connectivity index (χ0n) is 17.0. The van der Waals surface area contributed by atoms with Gasteiger partial charge in [0.2, 0.25) is 5.91 Å². The number of rotatable bonds is 6. The van der Waals surface area contributed by atoms with Crippen molar-refractivity contribution in [3.8, 4) is 0 Å². The number of imide groups is 1. The fraction of sp³-hybridized carbons (Fsp3) is 0.217. The average molecular weight is 470 g/mol. The van der Waals surface area contributed by atoms with Crippen LogP contribution in [0.1, 0.15) is 28.8 Å². The zero-order chi connectivity index (χ0) is 22.7. The molecule has 0 aliphatic carbocycles. The lowest BCUT2D eigenvalue weighted by Gasteiger charge is -2.16. The quantitative estimate of drug-likeness (QED) is 0.648. The van der Waals surface area contributed by atoms with E-state index in [1.54, 1.807) is 59.5 Å². The number of amides is 4. The van der Waals surface area contributed by atoms with Gasteiger partial charge in [-0.15, -0.1) is 0 Å². The second-order valence-electron chi connectivity index (χ2n) is 7.34. The molecule has 2 aliphatic rings. The zero-order valence-corrected chi connectivity index (χ0v) is 18.6. The minimum atomic E-state index is -0.385. The van der Waals surface area contributed by atoms with Gasteiger partial charge >= 0.3 is 0 Å². The van der Waals surface area contributed by atoms with Crippen LogP contribution in [-0.4, -0.2) is 47.5 Å². The van der Waals surface area contributed by atoms with Crippen LogP contribution in [-0.2, 0) is 9.59 Å². The maximum atomic E-state index is 12.6. The highest BCUT2D eigenvalue weighted by Gasteiger charge is 2.34. The summed E-state index contributed by atoms with van der Waals surface area (Å²) in [5, 5.41) is 2.94. The van der Waals surface area contributed by atoms with E-state index in [4.69, 9.17) is 11.6 Å². The minimum absolute atomic E-state index is 0.0781. The van der Waals surface area contributed by atoms with Crippen LogP contribution < -0.4 is 10.2 Å². The van der Waals surface area contributed by atoms with Gasteiger partial charge in [0.1, 0.15) is 0 Å². The largest absolute Gasteiger partial charge is 0.350 e. The van der Waals surface area contributed by atoms with Crippen molar-refractivity contribution in [2.75, 3.05) is 24.5 Å². The summed E-state index contributed by atoms with van der Waals surface area (Å²) >= 11 is 6.74. The summed E-state index contributed by atoms with van der Waals surface area (Å²) in [6.45, 7) is 0.904. The molecule has 4 rings (SSSR count). The summed E-state index contributed by atoms with van der Waals surface area (Å²) in [7, 11) is 0. The highest BCUT2D eigenvalue weighted by molar-refractivity contribution is 8.18. The number of hydrogen-bond acceptors (Lipinski definition) is 5. The van der Waals surface area contributed by atoms with E-state index in [1.807, 2.05) is 0 Å². The van der Waals surface area contributed by atoms with Gasteiger partial charge in [0.05, 0.1) is 4.91 Å². The van der Waals surface area contributed by atoms with Gasteiger partial charge in [-0.3, -0.25) is 24.1 Å². The highest BCUT2D eigenvalue weighted by Crippen LogP contribution is 2.32. The van der Waals surface area contributed by atoms with Gasteiger partial charge in [-0.2, -0.15) is 0 Å². The van der Waals surface area contributed by atoms with Gasteiger partial charge < -0.3 is 10.2 Å². The van der Waals surface area contributed by atoms with Crippen LogP contribution in [0.5, 0.6) is 0 Å². The Morgan fingerprint density at radius 2 is 1.78 bits per heavy atom. The minimum Gasteiger partial charge on any atom is -0.350 e. The van der Waals surface area contributed by atoms with Gasteiger partial charge in [0.15, 0.2) is 0 Å². The summed E-state index contributed by atoms with van der Waals surface area (Å²) < 4.78 is 0. The number of carbonyl (C=O) groups is 4. The lowest BCUT2D eigenvalue weighted by molar-refractivity contribution is -0.122. The third-order valence-electron chi connectivity index (χ3n) is 5.18. The molecule has 0 saturated carbocycles. The first-order chi connectivity index (χ1) is 15.4. The third kappa shape index (κ3) is 4.87. The summed E-state index contributed by atoms with van der Waals surface area (Å²) in [5.74, 6) is -0.610. The van der Waals surface area contributed by atoms with Crippen LogP contribution in [0.4, 0.5) is 10.5 Å². The average Bonchev–Trinajstić information content (AvgIpc) is 3.33. The van der Waals surface area contributed by atoms with Crippen molar-refractivity contribution in [2.24, 2.45) is 0 Å². The predicted octanol–water partition coefficient (Wildman–Crippen LogP) is 3.93. The van der Waals surface area contributed by atoms with Crippen molar-refractivity contribution in [1.82, 2.24) is 10.2 Å². The third-order valence-corrected chi connectivity index (χ3v) is 6.34. The van der Waals surface area contributed by atoms with Crippen molar-refractivity contribution >= 4 is 58.1 Å². The molecule has 2 aromatic rings. The van der Waals surface area contributed by atoms with Crippen LogP contribution in [0.3, 0.4) is 0 Å². The lowest BCUT2D eigenvalue weighted by atomic mass is 10.2. The molecule has 2 heterocycles. The Morgan fingerprint density at radius 3 is 2.44 bits per heavy atom. The Morgan fingerprint density at radius 1 is 1.06 bits per heavy atom. The predicted molar refractivity (Wildman–Crippen MR) is 124 cm³/mol. The number of thioether (sulfide) groups is 1. The molecule has 0 radical (unpaired) electrons. The van der Waals surface area contributed by atoms with Gasteiger partial charge in [-0.25, -0.2) is 0 Å². The molecule has 0 aromatic heterocycles. The number of hydrogen-bond donors (Lipinski definition) is 1. The van der Waals surface area contributed by atoms with Gasteiger partial charge in [-0.05, 0) is 66.2 Å². The van der Waals surface area contributed by atoms with E-state index < -0.39 is 0 Å². The molecule has 0 unspecified atom stereocenters. The molecule has 32 heavy (non-hydrogen) atoms. The van der Waals surface area contributed by atoms with E-state index in [2.05, 4.69) is 5.32 Å². The molecule has 0 atom stereocenters. The smallest absolute Gasteiger partial charge is 0.293 e. The van der Waals surface area contributed by atoms with E-state index in [-0.39, 0.29) is 36.1 Å². The van der Waals surface area contributed by atoms with Gasteiger partial charge in [0, 0.05) is 42.3 Å². The number of carbonyl (C=O) groups excluding carboxylic acids is 4. The first kappa shape index (κ1) is 22.1. The van der Waals surface area contributed by atoms with E-state index in [0.717, 1.165) is 34.3 Å². The maximum Gasteiger partial charge on any atom is 0.293 e. The van der Waals surface area contributed by atoms with E-state index in [1.165, 1.54) is 0 Å². The van der Waals surface area contributed by atoms with Crippen molar-refractivity contribution in [3.05, 3.63) is 69.6 Å². The Balaban J connectivity index is 1.31. The Kier molecular flexibility index (Phi) is 6.62. The van der Waals surface area contributed by atoms with Crippen LogP contribution in [0.2, 0.25) is 5.02 Å². The van der Waals surface area contributed by atoms with Crippen LogP contribution >= 0.6 is 23.4 Å². The molecule has 164 valence electrons. The number of anilines is 1. The molecule has 2 saturated heterocycles. The summed E-state index contributed by atoms with van der Waals surface area (Å²) in [4.78, 5) is 52.2. The number of nitrogens with one attached hydrogen (secondary N) is 1. The summed E-state index contributed by atoms with van der Waals surface area (Å²) in [6.07, 6.45) is 3.03. The molecule has 2 aromatic carbocycles. The first-order valence-electron chi connectivity index (χ1n) is 10.1. The summed E-state index contributed by atoms with van der Waals surface area (Å²) in [6, 6.07) is 13.8. The fourth-order valence-corrected chi connectivity index (χ4v) is 4.49. The van der Waals surface area contributed by atoms with Crippen LogP contribution in [0, 0.1) is 0 Å². The van der Waals surface area contributed by atoms with E-state index in [0.29, 0.717) is 28.5 Å². The van der Waals surface area contributed by atoms with Crippen molar-refractivity contribution in [1.29, 1.82) is 0 Å². The maximum absolute atomic E-state index is 12.6. The molecule has 9 heteroatoms. The van der Waals surface area contributed by atoms with Crippen LogP contribution in [0.15, 0.2) is 53.4 Å². The van der Waals surface area contributed by atoms with Crippen molar-refractivity contribution in [2.45, 2.75) is 12.8 Å². The monoisotopic (exact) mass is 469 g/mol. The number of halogens is 1. The van der Waals surface area contributed by atoms with Crippen molar-refractivity contribution in [3.63, 3.8) is 0 Å². The number of nitrogens with zero attached hydrogens (tertiary/aromatic N) is 2. The fourth-order valence-electron chi connectivity index (χ4n) is 3.50. The Hall–Kier alpha value is -3.10. The molecule has 2 fully saturated rings. The molecule has 4 amide bonds. The normalized spacial score (nSPS) is 17.5. The second-order valence-corrected chi connectivity index (χ2v) is 8.77. The SMILES string of the molecule is O=C(NCCN1C(=O)SC(=Cc2ccc(Cl)cc2)C1=O)c1ccc(N2CCCC2=O)cc1. The molecule has 7 nitrogen and oxygen atoms in total. The molecular formula is C23H20ClN3O4S. The molecular weight excluding hydrogens is 450 g/mol. The first-order valence-corrected chi connectivity index (χ1v) is 11.3. The molecule has 0 bridgehead atoms. The molecule has 1 N–H and O–H groups in total. The Bertz CT molecular complexity index is 1100. The van der Waals surface area contributed by atoms with Gasteiger partial charge in [-0.1, -0.05) is 23.7 Å².